The van der Waals surface area contributed by atoms with Gasteiger partial charge in [-0.1, -0.05) is 0 Å². The number of nitrogen functional groups attached to an aromatic ring is 1. The molecule has 9 heteroatoms. The fraction of sp³-hybridized carbons (Fsp3) is 0. The van der Waals surface area contributed by atoms with Gasteiger partial charge < -0.3 is 10.5 Å². The fourth-order valence-electron chi connectivity index (χ4n) is 1.53. The van der Waals surface area contributed by atoms with Crippen LogP contribution in [0.5, 0.6) is 11.5 Å². The number of nitrogens with one attached hydrogen (secondary N) is 1. The molecule has 0 unspecified atom stereocenters. The zero-order valence-electron chi connectivity index (χ0n) is 10.3. The van der Waals surface area contributed by atoms with Crippen LogP contribution in [0.4, 0.5) is 14.5 Å². The van der Waals surface area contributed by atoms with E-state index in [1.165, 1.54) is 18.3 Å². The number of rotatable bonds is 4. The molecule has 1 heterocycles. The van der Waals surface area contributed by atoms with E-state index in [0.29, 0.717) is 12.1 Å². The summed E-state index contributed by atoms with van der Waals surface area (Å²) in [6, 6.07) is 3.75. The van der Waals surface area contributed by atoms with Crippen LogP contribution in [0.15, 0.2) is 30.5 Å². The Bertz CT molecular complexity index is 736. The third kappa shape index (κ3) is 2.91. The normalized spacial score (nSPS) is 10.2. The SMILES string of the molecule is N=C(N)c1ncccc1Oc1cc(F)c([N+](=O)[O-])cc1F. The summed E-state index contributed by atoms with van der Waals surface area (Å²) in [6.45, 7) is 0. The summed E-state index contributed by atoms with van der Waals surface area (Å²) in [7, 11) is 0. The van der Waals surface area contributed by atoms with Gasteiger partial charge in [0.05, 0.1) is 11.0 Å². The predicted octanol–water partition coefficient (Wildman–Crippen LogP) is 2.34. The van der Waals surface area contributed by atoms with Crippen LogP contribution in [0.1, 0.15) is 5.69 Å². The number of nitro groups is 1. The maximum atomic E-state index is 13.7. The van der Waals surface area contributed by atoms with Gasteiger partial charge in [0, 0.05) is 12.3 Å². The van der Waals surface area contributed by atoms with Gasteiger partial charge in [-0.3, -0.25) is 15.5 Å². The minimum Gasteiger partial charge on any atom is -0.452 e. The van der Waals surface area contributed by atoms with E-state index >= 15 is 0 Å². The smallest absolute Gasteiger partial charge is 0.307 e. The first-order valence-electron chi connectivity index (χ1n) is 5.51. The predicted molar refractivity (Wildman–Crippen MR) is 68.3 cm³/mol. The standard InChI is InChI=1S/C12H8F2N4O3/c13-6-5-10(7(14)4-8(6)18(19)20)21-9-2-1-3-17-11(9)12(15)16/h1-5H,(H3,15,16). The summed E-state index contributed by atoms with van der Waals surface area (Å²) in [4.78, 5) is 13.2. The van der Waals surface area contributed by atoms with Crippen LogP contribution >= 0.6 is 0 Å². The van der Waals surface area contributed by atoms with Gasteiger partial charge in [-0.15, -0.1) is 0 Å². The van der Waals surface area contributed by atoms with Gasteiger partial charge in [0.15, 0.2) is 17.3 Å². The number of nitro benzene ring substituents is 1. The summed E-state index contributed by atoms with van der Waals surface area (Å²) < 4.78 is 32.3. The van der Waals surface area contributed by atoms with Crippen molar-refractivity contribution in [1.29, 1.82) is 5.41 Å². The van der Waals surface area contributed by atoms with Crippen LogP contribution in [0.25, 0.3) is 0 Å². The first-order valence-corrected chi connectivity index (χ1v) is 5.51. The fourth-order valence-corrected chi connectivity index (χ4v) is 1.53. The van der Waals surface area contributed by atoms with E-state index in [2.05, 4.69) is 4.98 Å². The van der Waals surface area contributed by atoms with Crippen LogP contribution in [-0.4, -0.2) is 15.7 Å². The minimum absolute atomic E-state index is 0.0596. The van der Waals surface area contributed by atoms with E-state index in [1.807, 2.05) is 0 Å². The Morgan fingerprint density at radius 1 is 1.33 bits per heavy atom. The van der Waals surface area contributed by atoms with Gasteiger partial charge in [0.2, 0.25) is 5.82 Å². The molecule has 0 saturated heterocycles. The number of hydrogen-bond donors (Lipinski definition) is 2. The molecule has 0 aliphatic heterocycles. The molecule has 1 aromatic carbocycles. The average molecular weight is 294 g/mol. The van der Waals surface area contributed by atoms with Crippen molar-refractivity contribution in [2.45, 2.75) is 0 Å². The molecule has 0 atom stereocenters. The van der Waals surface area contributed by atoms with Crippen molar-refractivity contribution in [1.82, 2.24) is 4.98 Å². The Hall–Kier alpha value is -3.10. The van der Waals surface area contributed by atoms with Crippen LogP contribution in [-0.2, 0) is 0 Å². The molecule has 108 valence electrons. The van der Waals surface area contributed by atoms with Gasteiger partial charge in [-0.2, -0.15) is 4.39 Å². The number of benzene rings is 1. The van der Waals surface area contributed by atoms with Crippen LogP contribution < -0.4 is 10.5 Å². The van der Waals surface area contributed by atoms with Gasteiger partial charge >= 0.3 is 5.69 Å². The zero-order valence-corrected chi connectivity index (χ0v) is 10.3. The maximum Gasteiger partial charge on any atom is 0.307 e. The molecule has 0 fully saturated rings. The van der Waals surface area contributed by atoms with Crippen molar-refractivity contribution in [3.63, 3.8) is 0 Å². The summed E-state index contributed by atoms with van der Waals surface area (Å²) in [5.74, 6) is -3.44. The highest BCUT2D eigenvalue weighted by Crippen LogP contribution is 2.30. The molecule has 0 radical (unpaired) electrons. The van der Waals surface area contributed by atoms with Crippen LogP contribution in [0, 0.1) is 27.2 Å². The molecule has 3 N–H and O–H groups in total. The maximum absolute atomic E-state index is 13.7. The van der Waals surface area contributed by atoms with Gasteiger partial charge in [0.25, 0.3) is 0 Å². The van der Waals surface area contributed by atoms with E-state index in [1.54, 1.807) is 0 Å². The average Bonchev–Trinajstić information content (AvgIpc) is 2.42. The number of nitrogens with zero attached hydrogens (tertiary/aromatic N) is 2. The second-order valence-corrected chi connectivity index (χ2v) is 3.86. The number of pyridine rings is 1. The first kappa shape index (κ1) is 14.3. The Labute approximate surface area is 116 Å². The van der Waals surface area contributed by atoms with Crippen molar-refractivity contribution in [3.05, 3.63) is 57.9 Å². The second-order valence-electron chi connectivity index (χ2n) is 3.86. The van der Waals surface area contributed by atoms with Crippen molar-refractivity contribution >= 4 is 11.5 Å². The zero-order chi connectivity index (χ0) is 15.6. The summed E-state index contributed by atoms with van der Waals surface area (Å²) in [6.07, 6.45) is 1.34. The molecule has 2 rings (SSSR count). The lowest BCUT2D eigenvalue weighted by atomic mass is 10.2. The lowest BCUT2D eigenvalue weighted by Gasteiger charge is -2.10. The van der Waals surface area contributed by atoms with Crippen molar-refractivity contribution in [2.75, 3.05) is 0 Å². The molecule has 0 bridgehead atoms. The largest absolute Gasteiger partial charge is 0.452 e. The summed E-state index contributed by atoms with van der Waals surface area (Å²) in [5.41, 5.74) is 4.22. The molecular formula is C12H8F2N4O3. The Morgan fingerprint density at radius 3 is 2.67 bits per heavy atom. The van der Waals surface area contributed by atoms with E-state index in [9.17, 15) is 18.9 Å². The third-order valence-electron chi connectivity index (χ3n) is 2.44. The lowest BCUT2D eigenvalue weighted by molar-refractivity contribution is -0.387. The number of halogens is 2. The monoisotopic (exact) mass is 294 g/mol. The van der Waals surface area contributed by atoms with Crippen LogP contribution in [0.3, 0.4) is 0 Å². The van der Waals surface area contributed by atoms with E-state index in [-0.39, 0.29) is 11.4 Å². The summed E-state index contributed by atoms with van der Waals surface area (Å²) >= 11 is 0. The Kier molecular flexibility index (Phi) is 3.74. The van der Waals surface area contributed by atoms with Gasteiger partial charge in [-0.05, 0) is 12.1 Å². The molecule has 0 aliphatic carbocycles. The van der Waals surface area contributed by atoms with E-state index in [0.717, 1.165) is 0 Å². The number of nitrogens with two attached hydrogens (primary N) is 1. The molecule has 0 aliphatic rings. The Morgan fingerprint density at radius 2 is 2.05 bits per heavy atom. The Balaban J connectivity index is 2.44. The van der Waals surface area contributed by atoms with Crippen molar-refractivity contribution < 1.29 is 18.4 Å². The first-order chi connectivity index (χ1) is 9.90. The van der Waals surface area contributed by atoms with E-state index in [4.69, 9.17) is 15.9 Å². The van der Waals surface area contributed by atoms with Gasteiger partial charge in [0.1, 0.15) is 11.5 Å². The second kappa shape index (κ2) is 5.49. The molecular weight excluding hydrogens is 286 g/mol. The highest BCUT2D eigenvalue weighted by molar-refractivity contribution is 5.95. The third-order valence-corrected chi connectivity index (χ3v) is 2.44. The lowest BCUT2D eigenvalue weighted by Crippen LogP contribution is -2.14. The molecule has 21 heavy (non-hydrogen) atoms. The minimum atomic E-state index is -1.25. The highest BCUT2D eigenvalue weighted by Gasteiger charge is 2.20. The van der Waals surface area contributed by atoms with Crippen molar-refractivity contribution in [3.8, 4) is 11.5 Å². The van der Waals surface area contributed by atoms with E-state index < -0.39 is 33.8 Å². The molecule has 7 nitrogen and oxygen atoms in total. The molecule has 0 saturated carbocycles. The van der Waals surface area contributed by atoms with Crippen molar-refractivity contribution in [2.24, 2.45) is 5.73 Å². The molecule has 0 amide bonds. The number of amidine groups is 1. The summed E-state index contributed by atoms with van der Waals surface area (Å²) in [5, 5.41) is 17.8. The quantitative estimate of drug-likeness (QED) is 0.388. The highest BCUT2D eigenvalue weighted by atomic mass is 19.1. The topological polar surface area (TPSA) is 115 Å². The molecule has 1 aromatic heterocycles. The number of hydrogen-bond acceptors (Lipinski definition) is 5. The number of ether oxygens (including phenoxy) is 1. The molecule has 0 spiro atoms. The van der Waals surface area contributed by atoms with Gasteiger partial charge in [-0.25, -0.2) is 9.37 Å². The van der Waals surface area contributed by atoms with Crippen LogP contribution in [0.2, 0.25) is 0 Å². The molecule has 2 aromatic rings. The number of aromatic nitrogens is 1.